The van der Waals surface area contributed by atoms with Crippen molar-refractivity contribution in [3.05, 3.63) is 64.5 Å². The lowest BCUT2D eigenvalue weighted by Crippen LogP contribution is -2.46. The van der Waals surface area contributed by atoms with Crippen LogP contribution in [-0.2, 0) is 17.2 Å². The summed E-state index contributed by atoms with van der Waals surface area (Å²) in [6.45, 7) is 14.4. The van der Waals surface area contributed by atoms with Crippen LogP contribution in [0.4, 0.5) is 11.4 Å². The molecule has 4 aromatic rings. The van der Waals surface area contributed by atoms with Crippen LogP contribution in [-0.4, -0.2) is 76.6 Å². The number of thiophene rings is 1. The number of piperazine rings is 1. The van der Waals surface area contributed by atoms with Crippen molar-refractivity contribution in [1.82, 2.24) is 24.2 Å². The number of hydrogen-bond acceptors (Lipinski definition) is 7. The summed E-state index contributed by atoms with van der Waals surface area (Å²) in [5.41, 5.74) is 5.79. The largest absolute Gasteiger partial charge is 0.385 e. The van der Waals surface area contributed by atoms with E-state index in [9.17, 15) is 4.79 Å². The first kappa shape index (κ1) is 29.0. The van der Waals surface area contributed by atoms with Gasteiger partial charge in [0.25, 0.3) is 5.91 Å². The van der Waals surface area contributed by atoms with E-state index in [0.29, 0.717) is 10.6 Å². The van der Waals surface area contributed by atoms with Gasteiger partial charge >= 0.3 is 0 Å². The molecule has 9 nitrogen and oxygen atoms in total. The van der Waals surface area contributed by atoms with E-state index in [1.165, 1.54) is 16.2 Å². The lowest BCUT2D eigenvalue weighted by Gasteiger charge is -2.36. The maximum absolute atomic E-state index is 13.0. The monoisotopic (exact) mass is 575 g/mol. The van der Waals surface area contributed by atoms with E-state index < -0.39 is 0 Å². The number of hydrogen-bond donors (Lipinski definition) is 1. The first-order valence-electron chi connectivity index (χ1n) is 14.2. The summed E-state index contributed by atoms with van der Waals surface area (Å²) >= 11 is 1.53. The number of amides is 1. The lowest BCUT2D eigenvalue weighted by atomic mass is 9.95. The molecule has 0 saturated carbocycles. The number of ether oxygens (including phenoxy) is 1. The number of rotatable bonds is 9. The predicted octanol–water partition coefficient (Wildman–Crippen LogP) is 5.35. The molecule has 0 unspecified atom stereocenters. The van der Waals surface area contributed by atoms with E-state index in [2.05, 4.69) is 67.5 Å². The number of carbonyl (C=O) groups excluding carboxylic acids is 1. The molecule has 218 valence electrons. The Bertz CT molecular complexity index is 1490. The Kier molecular flexibility index (Phi) is 8.63. The highest BCUT2D eigenvalue weighted by molar-refractivity contribution is 7.14. The normalized spacial score (nSPS) is 14.5. The molecule has 1 aliphatic heterocycles. The van der Waals surface area contributed by atoms with Gasteiger partial charge in [-0.3, -0.25) is 29.0 Å². The Morgan fingerprint density at radius 3 is 2.56 bits per heavy atom. The van der Waals surface area contributed by atoms with Crippen LogP contribution >= 0.6 is 11.3 Å². The highest BCUT2D eigenvalue weighted by atomic mass is 32.1. The van der Waals surface area contributed by atoms with Gasteiger partial charge in [-0.15, -0.1) is 11.3 Å². The van der Waals surface area contributed by atoms with Crippen molar-refractivity contribution in [2.75, 3.05) is 56.7 Å². The number of nitrogens with one attached hydrogen (secondary N) is 1. The molecule has 1 aliphatic rings. The summed E-state index contributed by atoms with van der Waals surface area (Å²) in [6, 6.07) is 8.13. The molecule has 1 amide bonds. The quantitative estimate of drug-likeness (QED) is 0.271. The molecular weight excluding hydrogens is 534 g/mol. The van der Waals surface area contributed by atoms with Crippen LogP contribution in [0.1, 0.15) is 47.4 Å². The Morgan fingerprint density at radius 1 is 1.10 bits per heavy atom. The maximum atomic E-state index is 13.0. The summed E-state index contributed by atoms with van der Waals surface area (Å²) in [4.78, 5) is 28.9. The highest BCUT2D eigenvalue weighted by Gasteiger charge is 2.21. The number of pyridine rings is 2. The van der Waals surface area contributed by atoms with E-state index in [-0.39, 0.29) is 11.3 Å². The number of methoxy groups -OCH3 is 1. The molecule has 0 atom stereocenters. The molecule has 1 N–H and O–H groups in total. The van der Waals surface area contributed by atoms with Gasteiger partial charge in [-0.2, -0.15) is 0 Å². The average Bonchev–Trinajstić information content (AvgIpc) is 3.46. The minimum absolute atomic E-state index is 0.0159. The minimum Gasteiger partial charge on any atom is -0.385 e. The number of aromatic nitrogens is 4. The van der Waals surface area contributed by atoms with Gasteiger partial charge in [0, 0.05) is 70.1 Å². The lowest BCUT2D eigenvalue weighted by molar-refractivity contribution is 0.103. The van der Waals surface area contributed by atoms with Crippen molar-refractivity contribution in [2.24, 2.45) is 7.05 Å². The van der Waals surface area contributed by atoms with E-state index in [0.717, 1.165) is 74.1 Å². The van der Waals surface area contributed by atoms with Crippen molar-refractivity contribution >= 4 is 28.6 Å². The minimum atomic E-state index is -0.117. The van der Waals surface area contributed by atoms with E-state index >= 15 is 0 Å². The first-order chi connectivity index (χ1) is 19.6. The van der Waals surface area contributed by atoms with Gasteiger partial charge < -0.3 is 15.0 Å². The summed E-state index contributed by atoms with van der Waals surface area (Å²) in [7, 11) is 3.79. The zero-order valence-electron chi connectivity index (χ0n) is 25.0. The maximum Gasteiger partial charge on any atom is 0.265 e. The van der Waals surface area contributed by atoms with E-state index in [4.69, 9.17) is 4.74 Å². The van der Waals surface area contributed by atoms with Gasteiger partial charge in [-0.1, -0.05) is 20.8 Å². The van der Waals surface area contributed by atoms with Gasteiger partial charge in [0.2, 0.25) is 0 Å². The molecule has 10 heteroatoms. The molecule has 0 aliphatic carbocycles. The molecule has 1 saturated heterocycles. The molecule has 0 spiro atoms. The number of anilines is 2. The summed E-state index contributed by atoms with van der Waals surface area (Å²) in [5.74, 6) is -0.117. The van der Waals surface area contributed by atoms with E-state index in [1.54, 1.807) is 13.3 Å². The zero-order chi connectivity index (χ0) is 29.1. The topological polar surface area (TPSA) is 80.5 Å². The summed E-state index contributed by atoms with van der Waals surface area (Å²) in [6.07, 6.45) is 8.75. The second-order valence-electron chi connectivity index (χ2n) is 11.7. The van der Waals surface area contributed by atoms with Crippen molar-refractivity contribution in [3.63, 3.8) is 0 Å². The average molecular weight is 576 g/mol. The fraction of sp³-hybridized carbons (Fsp3) is 0.452. The van der Waals surface area contributed by atoms with Crippen LogP contribution in [0.15, 0.2) is 49.1 Å². The molecule has 0 bridgehead atoms. The van der Waals surface area contributed by atoms with Crippen molar-refractivity contribution in [1.29, 1.82) is 0 Å². The molecule has 5 heterocycles. The predicted molar refractivity (Wildman–Crippen MR) is 167 cm³/mol. The van der Waals surface area contributed by atoms with Crippen LogP contribution < -0.4 is 10.2 Å². The Balaban J connectivity index is 1.27. The number of carbonyl (C=O) groups is 1. The van der Waals surface area contributed by atoms with Crippen LogP contribution in [0.3, 0.4) is 0 Å². The number of aryl methyl sites for hydroxylation is 1. The van der Waals surface area contributed by atoms with E-state index in [1.807, 2.05) is 44.6 Å². The smallest absolute Gasteiger partial charge is 0.265 e. The van der Waals surface area contributed by atoms with Crippen LogP contribution in [0.5, 0.6) is 0 Å². The molecule has 0 radical (unpaired) electrons. The summed E-state index contributed by atoms with van der Waals surface area (Å²) < 4.78 is 9.35. The third-order valence-corrected chi connectivity index (χ3v) is 9.14. The van der Waals surface area contributed by atoms with Gasteiger partial charge in [0.05, 0.1) is 51.9 Å². The standard InChI is InChI=1S/C31H41N7O2S/c1-22-26(17-24(19-33-22)34-30(39)28-8-9-29(41-28)31(2,3)4)38-21-27(35(38)5)23-16-25(20-32-18-23)37-13-11-36(12-14-37)10-7-15-40-6/h8-9,16-21H,7,10-15H2,1-6H3,(H,34,39). The van der Waals surface area contributed by atoms with Gasteiger partial charge in [-0.05, 0) is 43.0 Å². The Labute approximate surface area is 246 Å². The van der Waals surface area contributed by atoms with Gasteiger partial charge in [-0.25, -0.2) is 0 Å². The van der Waals surface area contributed by atoms with Crippen molar-refractivity contribution in [3.8, 4) is 16.9 Å². The van der Waals surface area contributed by atoms with Gasteiger partial charge in [0.1, 0.15) is 0 Å². The second kappa shape index (κ2) is 12.2. The molecule has 4 aromatic heterocycles. The fourth-order valence-corrected chi connectivity index (χ4v) is 6.08. The number of nitrogens with zero attached hydrogens (tertiary/aromatic N) is 6. The molecule has 0 aromatic carbocycles. The third-order valence-electron chi connectivity index (χ3n) is 7.63. The molecule has 5 rings (SSSR count). The highest BCUT2D eigenvalue weighted by Crippen LogP contribution is 2.31. The third kappa shape index (κ3) is 6.55. The zero-order valence-corrected chi connectivity index (χ0v) is 25.8. The SMILES string of the molecule is COCCCN1CCN(c2cncc(-c3cn(-c4cc(NC(=O)c5ccc(C(C)(C)C)s5)cnc4C)n3C)c2)CC1. The van der Waals surface area contributed by atoms with Gasteiger partial charge in [0.15, 0.2) is 0 Å². The van der Waals surface area contributed by atoms with Crippen LogP contribution in [0.2, 0.25) is 0 Å². The Morgan fingerprint density at radius 2 is 1.88 bits per heavy atom. The molecule has 41 heavy (non-hydrogen) atoms. The Hall–Kier alpha value is -3.47. The molecule has 1 fully saturated rings. The second-order valence-corrected chi connectivity index (χ2v) is 12.8. The van der Waals surface area contributed by atoms with Crippen LogP contribution in [0.25, 0.3) is 16.9 Å². The first-order valence-corrected chi connectivity index (χ1v) is 15.0. The molecular formula is C31H41N7O2S. The van der Waals surface area contributed by atoms with Crippen molar-refractivity contribution in [2.45, 2.75) is 39.5 Å². The van der Waals surface area contributed by atoms with Crippen LogP contribution in [0, 0.1) is 6.92 Å². The van der Waals surface area contributed by atoms with Crippen molar-refractivity contribution < 1.29 is 9.53 Å². The summed E-state index contributed by atoms with van der Waals surface area (Å²) in [5, 5.41) is 3.03. The fourth-order valence-electron chi connectivity index (χ4n) is 5.12.